The first-order chi connectivity index (χ1) is 15.1. The molecule has 4 rings (SSSR count). The third-order valence-electron chi connectivity index (χ3n) is 4.73. The van der Waals surface area contributed by atoms with E-state index < -0.39 is 27.0 Å². The molecule has 0 unspecified atom stereocenters. The lowest BCUT2D eigenvalue weighted by molar-refractivity contribution is -0.116. The number of fused-ring (bicyclic) bond motifs is 1. The first-order valence-corrected chi connectivity index (χ1v) is 11.0. The molecule has 0 atom stereocenters. The van der Waals surface area contributed by atoms with Crippen molar-refractivity contribution in [2.45, 2.75) is 11.4 Å². The second-order valence-electron chi connectivity index (χ2n) is 7.01. The molecular weight excluding hydrogens is 442 g/mol. The summed E-state index contributed by atoms with van der Waals surface area (Å²) in [4.78, 5) is 41.1. The molecule has 166 valence electrons. The van der Waals surface area contributed by atoms with Gasteiger partial charge in [-0.1, -0.05) is 5.10 Å². The van der Waals surface area contributed by atoms with Crippen LogP contribution in [0, 0.1) is 0 Å². The predicted octanol–water partition coefficient (Wildman–Crippen LogP) is -0.474. The quantitative estimate of drug-likeness (QED) is 0.415. The standard InChI is InChI=1S/C18H17N7O6S/c1-23-14-13(16(27)24(2)18(23)28)25(9-19-14)8-12(26)20-17-22-21-15(31-17)10-4-6-11(7-5-10)32(3,29)30/h4-7,9H,8H2,1-3H3,(H,20,22,26). The molecule has 4 aromatic rings. The van der Waals surface area contributed by atoms with E-state index in [1.165, 1.54) is 53.8 Å². The van der Waals surface area contributed by atoms with Crippen LogP contribution in [0.2, 0.25) is 0 Å². The van der Waals surface area contributed by atoms with E-state index in [1.54, 1.807) is 0 Å². The number of hydrogen-bond donors (Lipinski definition) is 1. The van der Waals surface area contributed by atoms with Gasteiger partial charge in [0, 0.05) is 25.9 Å². The highest BCUT2D eigenvalue weighted by atomic mass is 32.2. The van der Waals surface area contributed by atoms with Gasteiger partial charge < -0.3 is 8.98 Å². The Hall–Kier alpha value is -4.07. The Balaban J connectivity index is 1.53. The summed E-state index contributed by atoms with van der Waals surface area (Å²) in [7, 11) is -0.524. The van der Waals surface area contributed by atoms with Gasteiger partial charge in [-0.15, -0.1) is 5.10 Å². The average Bonchev–Trinajstić information content (AvgIpc) is 3.37. The van der Waals surface area contributed by atoms with E-state index in [0.29, 0.717) is 5.56 Å². The number of anilines is 1. The van der Waals surface area contributed by atoms with Crippen molar-refractivity contribution in [1.82, 2.24) is 28.9 Å². The van der Waals surface area contributed by atoms with Gasteiger partial charge in [0.2, 0.25) is 11.8 Å². The van der Waals surface area contributed by atoms with E-state index in [0.717, 1.165) is 10.8 Å². The van der Waals surface area contributed by atoms with Crippen LogP contribution in [0.15, 0.2) is 49.5 Å². The van der Waals surface area contributed by atoms with E-state index in [1.807, 2.05) is 0 Å². The highest BCUT2D eigenvalue weighted by Crippen LogP contribution is 2.21. The Kier molecular flexibility index (Phi) is 5.00. The molecule has 0 aliphatic rings. The van der Waals surface area contributed by atoms with Crippen LogP contribution in [0.1, 0.15) is 0 Å². The van der Waals surface area contributed by atoms with Crippen molar-refractivity contribution < 1.29 is 17.6 Å². The molecule has 0 saturated heterocycles. The summed E-state index contributed by atoms with van der Waals surface area (Å²) < 4.78 is 32.0. The fourth-order valence-electron chi connectivity index (χ4n) is 3.07. The lowest BCUT2D eigenvalue weighted by Crippen LogP contribution is -2.37. The Bertz CT molecular complexity index is 1570. The maximum atomic E-state index is 12.4. The summed E-state index contributed by atoms with van der Waals surface area (Å²) in [5.74, 6) is -0.486. The van der Waals surface area contributed by atoms with Gasteiger partial charge in [-0.25, -0.2) is 18.2 Å². The molecule has 13 nitrogen and oxygen atoms in total. The Morgan fingerprint density at radius 3 is 2.44 bits per heavy atom. The highest BCUT2D eigenvalue weighted by Gasteiger charge is 2.18. The number of rotatable bonds is 5. The van der Waals surface area contributed by atoms with E-state index in [-0.39, 0.29) is 34.5 Å². The summed E-state index contributed by atoms with van der Waals surface area (Å²) in [6.07, 6.45) is 2.38. The minimum absolute atomic E-state index is 0.0808. The monoisotopic (exact) mass is 459 g/mol. The van der Waals surface area contributed by atoms with E-state index in [2.05, 4.69) is 20.5 Å². The molecular formula is C18H17N7O6S. The van der Waals surface area contributed by atoms with Crippen LogP contribution in [-0.2, 0) is 35.3 Å². The zero-order chi connectivity index (χ0) is 23.2. The number of aryl methyl sites for hydroxylation is 1. The van der Waals surface area contributed by atoms with Crippen molar-refractivity contribution in [2.75, 3.05) is 11.6 Å². The molecule has 0 fully saturated rings. The summed E-state index contributed by atoms with van der Waals surface area (Å²) >= 11 is 0. The number of nitrogens with one attached hydrogen (secondary N) is 1. The third kappa shape index (κ3) is 3.71. The zero-order valence-electron chi connectivity index (χ0n) is 17.1. The van der Waals surface area contributed by atoms with E-state index in [9.17, 15) is 22.8 Å². The average molecular weight is 459 g/mol. The number of sulfone groups is 1. The molecule has 14 heteroatoms. The van der Waals surface area contributed by atoms with Crippen LogP contribution in [0.25, 0.3) is 22.6 Å². The van der Waals surface area contributed by atoms with Crippen LogP contribution >= 0.6 is 0 Å². The molecule has 1 N–H and O–H groups in total. The molecule has 0 aliphatic heterocycles. The van der Waals surface area contributed by atoms with Crippen LogP contribution in [0.3, 0.4) is 0 Å². The maximum absolute atomic E-state index is 12.4. The van der Waals surface area contributed by atoms with Gasteiger partial charge in [0.1, 0.15) is 6.54 Å². The minimum atomic E-state index is -3.34. The van der Waals surface area contributed by atoms with Crippen molar-refractivity contribution >= 4 is 32.9 Å². The van der Waals surface area contributed by atoms with Crippen molar-refractivity contribution in [3.63, 3.8) is 0 Å². The van der Waals surface area contributed by atoms with Crippen LogP contribution in [-0.4, -0.2) is 49.5 Å². The summed E-state index contributed by atoms with van der Waals surface area (Å²) in [6, 6.07) is 5.65. The normalized spacial score (nSPS) is 11.7. The molecule has 0 spiro atoms. The molecule has 3 heterocycles. The fraction of sp³-hybridized carbons (Fsp3) is 0.222. The molecule has 0 saturated carbocycles. The summed E-state index contributed by atoms with van der Waals surface area (Å²) in [5, 5.41) is 10.0. The van der Waals surface area contributed by atoms with Gasteiger partial charge in [-0.05, 0) is 24.3 Å². The van der Waals surface area contributed by atoms with Crippen molar-refractivity contribution in [3.8, 4) is 11.5 Å². The van der Waals surface area contributed by atoms with Crippen LogP contribution < -0.4 is 16.6 Å². The minimum Gasteiger partial charge on any atom is -0.403 e. The molecule has 0 aliphatic carbocycles. The Morgan fingerprint density at radius 1 is 1.09 bits per heavy atom. The Labute approximate surface area is 179 Å². The second kappa shape index (κ2) is 7.56. The number of nitrogens with zero attached hydrogens (tertiary/aromatic N) is 6. The molecule has 1 amide bonds. The van der Waals surface area contributed by atoms with Gasteiger partial charge in [-0.2, -0.15) is 0 Å². The van der Waals surface area contributed by atoms with Gasteiger partial charge >= 0.3 is 11.7 Å². The zero-order valence-corrected chi connectivity index (χ0v) is 18.0. The van der Waals surface area contributed by atoms with Gasteiger partial charge in [0.15, 0.2) is 21.0 Å². The number of benzene rings is 1. The number of aromatic nitrogens is 6. The van der Waals surface area contributed by atoms with E-state index >= 15 is 0 Å². The van der Waals surface area contributed by atoms with Crippen molar-refractivity contribution in [3.05, 3.63) is 51.4 Å². The lowest BCUT2D eigenvalue weighted by atomic mass is 10.2. The highest BCUT2D eigenvalue weighted by molar-refractivity contribution is 7.90. The van der Waals surface area contributed by atoms with Crippen molar-refractivity contribution in [2.24, 2.45) is 14.1 Å². The van der Waals surface area contributed by atoms with Gasteiger partial charge in [-0.3, -0.25) is 24.0 Å². The molecule has 0 radical (unpaired) electrons. The van der Waals surface area contributed by atoms with Crippen LogP contribution in [0.5, 0.6) is 0 Å². The number of carbonyl (C=O) groups is 1. The number of amides is 1. The number of carbonyl (C=O) groups excluding carboxylic acids is 1. The van der Waals surface area contributed by atoms with Crippen LogP contribution in [0.4, 0.5) is 6.01 Å². The molecule has 0 bridgehead atoms. The summed E-state index contributed by atoms with van der Waals surface area (Å²) in [6.45, 7) is -0.287. The number of imidazole rings is 1. The third-order valence-corrected chi connectivity index (χ3v) is 5.86. The van der Waals surface area contributed by atoms with Gasteiger partial charge in [0.05, 0.1) is 11.2 Å². The SMILES string of the molecule is Cn1c(=O)c2c(ncn2CC(=O)Nc2nnc(-c3ccc(S(C)(=O)=O)cc3)o2)n(C)c1=O. The topological polar surface area (TPSA) is 164 Å². The second-order valence-corrected chi connectivity index (χ2v) is 9.02. The van der Waals surface area contributed by atoms with Crippen molar-refractivity contribution in [1.29, 1.82) is 0 Å². The smallest absolute Gasteiger partial charge is 0.332 e. The molecule has 3 aromatic heterocycles. The Morgan fingerprint density at radius 2 is 1.78 bits per heavy atom. The summed E-state index contributed by atoms with van der Waals surface area (Å²) in [5.41, 5.74) is -0.382. The fourth-order valence-corrected chi connectivity index (χ4v) is 3.70. The predicted molar refractivity (Wildman–Crippen MR) is 112 cm³/mol. The van der Waals surface area contributed by atoms with E-state index in [4.69, 9.17) is 4.42 Å². The van der Waals surface area contributed by atoms with Gasteiger partial charge in [0.25, 0.3) is 5.56 Å². The lowest BCUT2D eigenvalue weighted by Gasteiger charge is -2.06. The molecule has 1 aromatic carbocycles. The first-order valence-electron chi connectivity index (χ1n) is 9.11. The first kappa shape index (κ1) is 21.2. The maximum Gasteiger partial charge on any atom is 0.332 e. The molecule has 32 heavy (non-hydrogen) atoms. The largest absolute Gasteiger partial charge is 0.403 e. The number of hydrogen-bond acceptors (Lipinski definition) is 9.